The lowest BCUT2D eigenvalue weighted by atomic mass is 10.3. The number of ether oxygens (including phenoxy) is 1. The predicted octanol–water partition coefficient (Wildman–Crippen LogP) is 0.238. The van der Waals surface area contributed by atoms with Gasteiger partial charge in [0.05, 0.1) is 5.69 Å². The first-order chi connectivity index (χ1) is 9.09. The van der Waals surface area contributed by atoms with Crippen molar-refractivity contribution in [1.82, 2.24) is 20.0 Å². The van der Waals surface area contributed by atoms with Gasteiger partial charge < -0.3 is 15.0 Å². The molecule has 6 heteroatoms. The van der Waals surface area contributed by atoms with E-state index in [4.69, 9.17) is 4.74 Å². The Bertz CT molecular complexity index is 448. The van der Waals surface area contributed by atoms with E-state index in [1.807, 2.05) is 25.8 Å². The molecule has 6 nitrogen and oxygen atoms in total. The Morgan fingerprint density at radius 3 is 2.84 bits per heavy atom. The average molecular weight is 266 g/mol. The lowest BCUT2D eigenvalue weighted by molar-refractivity contribution is -0.133. The van der Waals surface area contributed by atoms with Gasteiger partial charge in [0, 0.05) is 26.7 Å². The minimum atomic E-state index is 0.0475. The molecule has 2 rings (SSSR count). The van der Waals surface area contributed by atoms with Crippen molar-refractivity contribution < 1.29 is 9.53 Å². The Morgan fingerprint density at radius 1 is 1.37 bits per heavy atom. The van der Waals surface area contributed by atoms with Gasteiger partial charge in [0.1, 0.15) is 5.69 Å². The number of nitrogens with zero attached hydrogens (tertiary/aromatic N) is 3. The summed E-state index contributed by atoms with van der Waals surface area (Å²) in [5, 5.41) is 7.55. The molecule has 0 unspecified atom stereocenters. The molecule has 1 saturated heterocycles. The molecular formula is C13H22N4O2. The van der Waals surface area contributed by atoms with Crippen molar-refractivity contribution in [3.63, 3.8) is 0 Å². The molecule has 19 heavy (non-hydrogen) atoms. The highest BCUT2D eigenvalue weighted by atomic mass is 16.5. The fourth-order valence-corrected chi connectivity index (χ4v) is 2.28. The molecule has 1 fully saturated rings. The molecule has 1 amide bonds. The quantitative estimate of drug-likeness (QED) is 0.851. The lowest BCUT2D eigenvalue weighted by Gasteiger charge is -2.20. The molecule has 1 N–H and O–H groups in total. The molecule has 0 bridgehead atoms. The Hall–Kier alpha value is -1.56. The number of carbonyl (C=O) groups is 1. The maximum absolute atomic E-state index is 12.1. The van der Waals surface area contributed by atoms with Crippen LogP contribution in [-0.4, -0.2) is 53.4 Å². The van der Waals surface area contributed by atoms with Crippen LogP contribution in [-0.2, 0) is 11.8 Å². The number of hydrogen-bond acceptors (Lipinski definition) is 4. The molecule has 2 heterocycles. The molecule has 106 valence electrons. The highest BCUT2D eigenvalue weighted by molar-refractivity contribution is 5.77. The summed E-state index contributed by atoms with van der Waals surface area (Å²) in [6, 6.07) is 0. The van der Waals surface area contributed by atoms with E-state index < -0.39 is 0 Å². The summed E-state index contributed by atoms with van der Waals surface area (Å²) in [6.45, 7) is 7.32. The largest absolute Gasteiger partial charge is 0.480 e. The summed E-state index contributed by atoms with van der Waals surface area (Å²) in [7, 11) is 1.87. The van der Waals surface area contributed by atoms with Gasteiger partial charge in [0.15, 0.2) is 12.4 Å². The fourth-order valence-electron chi connectivity index (χ4n) is 2.28. The first-order valence-electron chi connectivity index (χ1n) is 6.71. The number of hydrogen-bond donors (Lipinski definition) is 1. The van der Waals surface area contributed by atoms with Crippen molar-refractivity contribution in [2.24, 2.45) is 7.05 Å². The second-order valence-corrected chi connectivity index (χ2v) is 4.90. The average Bonchev–Trinajstić information content (AvgIpc) is 2.62. The number of nitrogens with one attached hydrogen (secondary N) is 1. The predicted molar refractivity (Wildman–Crippen MR) is 72.2 cm³/mol. The van der Waals surface area contributed by atoms with Crippen LogP contribution in [0.3, 0.4) is 0 Å². The van der Waals surface area contributed by atoms with Crippen LogP contribution in [0.25, 0.3) is 0 Å². The molecule has 1 aliphatic rings. The van der Waals surface area contributed by atoms with Gasteiger partial charge in [-0.2, -0.15) is 5.10 Å². The molecule has 0 spiro atoms. The van der Waals surface area contributed by atoms with Gasteiger partial charge in [0.25, 0.3) is 5.91 Å². The van der Waals surface area contributed by atoms with Crippen LogP contribution in [0, 0.1) is 13.8 Å². The SMILES string of the molecule is Cc1nn(C)c(C)c1OCC(=O)N1CCCNCC1. The zero-order valence-electron chi connectivity index (χ0n) is 11.9. The number of aromatic nitrogens is 2. The molecule has 0 aromatic carbocycles. The second-order valence-electron chi connectivity index (χ2n) is 4.90. The summed E-state index contributed by atoms with van der Waals surface area (Å²) in [5.74, 6) is 0.773. The van der Waals surface area contributed by atoms with Crippen molar-refractivity contribution in [2.75, 3.05) is 32.8 Å². The number of carbonyl (C=O) groups excluding carboxylic acids is 1. The summed E-state index contributed by atoms with van der Waals surface area (Å²) >= 11 is 0. The van der Waals surface area contributed by atoms with E-state index in [-0.39, 0.29) is 12.5 Å². The molecule has 0 atom stereocenters. The number of aryl methyl sites for hydroxylation is 2. The van der Waals surface area contributed by atoms with Gasteiger partial charge >= 0.3 is 0 Å². The van der Waals surface area contributed by atoms with Gasteiger partial charge in [-0.1, -0.05) is 0 Å². The van der Waals surface area contributed by atoms with E-state index in [9.17, 15) is 4.79 Å². The summed E-state index contributed by atoms with van der Waals surface area (Å²) in [6.07, 6.45) is 0.997. The topological polar surface area (TPSA) is 59.4 Å². The van der Waals surface area contributed by atoms with Crippen molar-refractivity contribution in [3.8, 4) is 5.75 Å². The molecule has 0 radical (unpaired) electrons. The zero-order valence-corrected chi connectivity index (χ0v) is 11.9. The lowest BCUT2D eigenvalue weighted by Crippen LogP contribution is -2.37. The van der Waals surface area contributed by atoms with Gasteiger partial charge in [-0.25, -0.2) is 0 Å². The Labute approximate surface area is 113 Å². The summed E-state index contributed by atoms with van der Waals surface area (Å²) in [4.78, 5) is 14.0. The number of rotatable bonds is 3. The van der Waals surface area contributed by atoms with Crippen LogP contribution >= 0.6 is 0 Å². The van der Waals surface area contributed by atoms with Crippen LogP contribution in [0.5, 0.6) is 5.75 Å². The maximum Gasteiger partial charge on any atom is 0.260 e. The summed E-state index contributed by atoms with van der Waals surface area (Å²) < 4.78 is 7.42. The van der Waals surface area contributed by atoms with Gasteiger partial charge in [-0.15, -0.1) is 0 Å². The minimum Gasteiger partial charge on any atom is -0.480 e. The van der Waals surface area contributed by atoms with Crippen molar-refractivity contribution in [2.45, 2.75) is 20.3 Å². The molecule has 1 aromatic rings. The smallest absolute Gasteiger partial charge is 0.260 e. The van der Waals surface area contributed by atoms with Crippen LogP contribution in [0.15, 0.2) is 0 Å². The Kier molecular flexibility index (Phi) is 4.42. The van der Waals surface area contributed by atoms with E-state index in [1.165, 1.54) is 0 Å². The third-order valence-corrected chi connectivity index (χ3v) is 3.48. The van der Waals surface area contributed by atoms with E-state index in [0.29, 0.717) is 0 Å². The Balaban J connectivity index is 1.92. The van der Waals surface area contributed by atoms with Crippen LogP contribution in [0.4, 0.5) is 0 Å². The van der Waals surface area contributed by atoms with Crippen molar-refractivity contribution in [1.29, 1.82) is 0 Å². The van der Waals surface area contributed by atoms with Crippen molar-refractivity contribution >= 4 is 5.91 Å². The van der Waals surface area contributed by atoms with E-state index >= 15 is 0 Å². The first-order valence-corrected chi connectivity index (χ1v) is 6.71. The van der Waals surface area contributed by atoms with E-state index in [0.717, 1.165) is 49.7 Å². The Morgan fingerprint density at radius 2 is 2.16 bits per heavy atom. The molecular weight excluding hydrogens is 244 g/mol. The van der Waals surface area contributed by atoms with Crippen molar-refractivity contribution in [3.05, 3.63) is 11.4 Å². The third-order valence-electron chi connectivity index (χ3n) is 3.48. The fraction of sp³-hybridized carbons (Fsp3) is 0.692. The van der Waals surface area contributed by atoms with Crippen LogP contribution in [0.2, 0.25) is 0 Å². The first kappa shape index (κ1) is 13.9. The molecule has 1 aromatic heterocycles. The highest BCUT2D eigenvalue weighted by Gasteiger charge is 2.17. The monoisotopic (exact) mass is 266 g/mol. The minimum absolute atomic E-state index is 0.0475. The second kappa shape index (κ2) is 6.06. The standard InChI is InChI=1S/C13H22N4O2/c1-10-13(11(2)16(3)15-10)19-9-12(18)17-7-4-5-14-6-8-17/h14H,4-9H2,1-3H3. The van der Waals surface area contributed by atoms with Gasteiger partial charge in [-0.05, 0) is 26.8 Å². The normalized spacial score (nSPS) is 16.3. The van der Waals surface area contributed by atoms with Crippen LogP contribution < -0.4 is 10.1 Å². The molecule has 0 saturated carbocycles. The third kappa shape index (κ3) is 3.26. The molecule has 0 aliphatic carbocycles. The van der Waals surface area contributed by atoms with Gasteiger partial charge in [0.2, 0.25) is 0 Å². The summed E-state index contributed by atoms with van der Waals surface area (Å²) in [5.41, 5.74) is 1.77. The number of amides is 1. The van der Waals surface area contributed by atoms with E-state index in [2.05, 4.69) is 10.4 Å². The van der Waals surface area contributed by atoms with E-state index in [1.54, 1.807) is 4.68 Å². The molecule has 1 aliphatic heterocycles. The van der Waals surface area contributed by atoms with Gasteiger partial charge in [-0.3, -0.25) is 9.48 Å². The van der Waals surface area contributed by atoms with Crippen LogP contribution in [0.1, 0.15) is 17.8 Å². The maximum atomic E-state index is 12.1. The highest BCUT2D eigenvalue weighted by Crippen LogP contribution is 2.21. The zero-order chi connectivity index (χ0) is 13.8.